The molecular formula is C25H27ClN4O3. The van der Waals surface area contributed by atoms with Crippen molar-refractivity contribution in [1.82, 2.24) is 15.3 Å². The number of aliphatic hydroxyl groups excluding tert-OH is 1. The van der Waals surface area contributed by atoms with Crippen LogP contribution in [0.5, 0.6) is 5.75 Å². The van der Waals surface area contributed by atoms with Gasteiger partial charge in [0.25, 0.3) is 5.91 Å². The number of aromatic nitrogens is 2. The van der Waals surface area contributed by atoms with Crippen LogP contribution in [0.3, 0.4) is 0 Å². The maximum absolute atomic E-state index is 12.9. The van der Waals surface area contributed by atoms with Crippen LogP contribution in [0.4, 0.5) is 0 Å². The van der Waals surface area contributed by atoms with Gasteiger partial charge in [0.2, 0.25) is 0 Å². The van der Waals surface area contributed by atoms with Crippen molar-refractivity contribution in [3.63, 3.8) is 0 Å². The zero-order chi connectivity index (χ0) is 24.2. The largest absolute Gasteiger partial charge is 0.489 e. The third-order valence-corrected chi connectivity index (χ3v) is 6.39. The quantitative estimate of drug-likeness (QED) is 0.630. The second-order valence-corrected chi connectivity index (χ2v) is 9.61. The first-order valence-corrected chi connectivity index (χ1v) is 11.0. The van der Waals surface area contributed by atoms with Gasteiger partial charge >= 0.3 is 0 Å². The van der Waals surface area contributed by atoms with E-state index in [1.807, 2.05) is 33.8 Å². The van der Waals surface area contributed by atoms with Crippen molar-refractivity contribution in [3.05, 3.63) is 52.6 Å². The summed E-state index contributed by atoms with van der Waals surface area (Å²) in [7, 11) is 0. The normalized spacial score (nSPS) is 19.9. The van der Waals surface area contributed by atoms with Crippen LogP contribution >= 0.6 is 11.6 Å². The fourth-order valence-corrected chi connectivity index (χ4v) is 4.94. The van der Waals surface area contributed by atoms with Crippen LogP contribution < -0.4 is 10.1 Å². The predicted octanol–water partition coefficient (Wildman–Crippen LogP) is 3.54. The van der Waals surface area contributed by atoms with E-state index in [0.717, 1.165) is 0 Å². The lowest BCUT2D eigenvalue weighted by Crippen LogP contribution is -2.74. The molecule has 0 radical (unpaired) electrons. The van der Waals surface area contributed by atoms with Gasteiger partial charge in [-0.15, -0.1) is 5.92 Å². The summed E-state index contributed by atoms with van der Waals surface area (Å²) in [5.74, 6) is 6.34. The number of benzene rings is 1. The van der Waals surface area contributed by atoms with Gasteiger partial charge in [0.1, 0.15) is 30.4 Å². The second kappa shape index (κ2) is 9.79. The Morgan fingerprint density at radius 3 is 2.45 bits per heavy atom. The monoisotopic (exact) mass is 466 g/mol. The molecule has 1 amide bonds. The van der Waals surface area contributed by atoms with Gasteiger partial charge in [-0.05, 0) is 12.1 Å². The molecular weight excluding hydrogens is 440 g/mol. The number of aryl methyl sites for hydroxylation is 1. The molecule has 172 valence electrons. The van der Waals surface area contributed by atoms with E-state index in [-0.39, 0.29) is 35.5 Å². The Labute approximate surface area is 199 Å². The molecule has 1 saturated carbocycles. The highest BCUT2D eigenvalue weighted by atomic mass is 35.5. The molecule has 33 heavy (non-hydrogen) atoms. The Hall–Kier alpha value is -3.13. The summed E-state index contributed by atoms with van der Waals surface area (Å²) in [4.78, 5) is 21.4. The van der Waals surface area contributed by atoms with Crippen molar-refractivity contribution in [3.8, 4) is 23.7 Å². The van der Waals surface area contributed by atoms with Gasteiger partial charge in [0, 0.05) is 48.2 Å². The molecule has 1 heterocycles. The number of nitriles is 1. The lowest BCUT2D eigenvalue weighted by Gasteiger charge is -2.63. The smallest absolute Gasteiger partial charge is 0.254 e. The second-order valence-electron chi connectivity index (χ2n) is 9.20. The SMILES string of the molecule is CC1(C)C(NC(=O)c2cnc(CCC#CCO)nc2)C(C)(C)C1Oc1ccc(C#N)c(Cl)c1. The highest BCUT2D eigenvalue weighted by molar-refractivity contribution is 6.31. The van der Waals surface area contributed by atoms with Gasteiger partial charge in [0.05, 0.1) is 16.1 Å². The predicted molar refractivity (Wildman–Crippen MR) is 125 cm³/mol. The molecule has 0 atom stereocenters. The number of aliphatic hydroxyl groups is 1. The first-order chi connectivity index (χ1) is 15.6. The minimum Gasteiger partial charge on any atom is -0.489 e. The number of halogens is 1. The molecule has 1 fully saturated rings. The molecule has 0 aliphatic heterocycles. The van der Waals surface area contributed by atoms with Crippen molar-refractivity contribution >= 4 is 17.5 Å². The fourth-order valence-electron chi connectivity index (χ4n) is 4.73. The molecule has 2 aromatic rings. The lowest BCUT2D eigenvalue weighted by molar-refractivity contribution is -0.164. The Bertz CT molecular complexity index is 1110. The van der Waals surface area contributed by atoms with Crippen molar-refractivity contribution in [1.29, 1.82) is 5.26 Å². The van der Waals surface area contributed by atoms with Crippen LogP contribution in [-0.2, 0) is 6.42 Å². The average Bonchev–Trinajstić information content (AvgIpc) is 2.78. The number of hydrogen-bond acceptors (Lipinski definition) is 6. The van der Waals surface area contributed by atoms with Gasteiger partial charge in [-0.1, -0.05) is 45.2 Å². The molecule has 8 heteroatoms. The molecule has 0 saturated heterocycles. The fraction of sp³-hybridized carbons (Fsp3) is 0.440. The summed E-state index contributed by atoms with van der Waals surface area (Å²) in [5, 5.41) is 21.2. The molecule has 0 spiro atoms. The number of nitrogens with zero attached hydrogens (tertiary/aromatic N) is 3. The van der Waals surface area contributed by atoms with E-state index in [0.29, 0.717) is 40.6 Å². The van der Waals surface area contributed by atoms with E-state index in [2.05, 4.69) is 27.1 Å². The maximum Gasteiger partial charge on any atom is 0.254 e. The number of ether oxygens (including phenoxy) is 1. The van der Waals surface area contributed by atoms with Gasteiger partial charge in [-0.25, -0.2) is 9.97 Å². The van der Waals surface area contributed by atoms with Gasteiger partial charge in [-0.3, -0.25) is 4.79 Å². The van der Waals surface area contributed by atoms with Crippen LogP contribution in [0.15, 0.2) is 30.6 Å². The molecule has 1 aliphatic rings. The summed E-state index contributed by atoms with van der Waals surface area (Å²) in [6.45, 7) is 8.03. The number of carbonyl (C=O) groups excluding carboxylic acids is 1. The molecule has 7 nitrogen and oxygen atoms in total. The summed E-state index contributed by atoms with van der Waals surface area (Å²) >= 11 is 6.15. The summed E-state index contributed by atoms with van der Waals surface area (Å²) in [5.41, 5.74) is 0.0693. The standard InChI is InChI=1S/C25H27ClN4O3/c1-24(2)22(25(3,4)23(24)33-18-10-9-16(13-27)19(26)12-18)30-21(32)17-14-28-20(29-15-17)8-6-5-7-11-31/h9-10,12,14-15,22-23,31H,6,8,11H2,1-4H3,(H,30,32). The van der Waals surface area contributed by atoms with Crippen molar-refractivity contribution in [2.75, 3.05) is 6.61 Å². The van der Waals surface area contributed by atoms with Gasteiger partial charge < -0.3 is 15.2 Å². The Morgan fingerprint density at radius 1 is 1.21 bits per heavy atom. The molecule has 0 unspecified atom stereocenters. The van der Waals surface area contributed by atoms with Gasteiger partial charge in [0.15, 0.2) is 0 Å². The van der Waals surface area contributed by atoms with Crippen molar-refractivity contribution in [2.45, 2.75) is 52.7 Å². The Morgan fingerprint density at radius 2 is 1.88 bits per heavy atom. The summed E-state index contributed by atoms with van der Waals surface area (Å²) in [6, 6.07) is 6.91. The molecule has 1 aromatic carbocycles. The average molecular weight is 467 g/mol. The van der Waals surface area contributed by atoms with E-state index in [1.54, 1.807) is 18.2 Å². The minimum atomic E-state index is -0.355. The Balaban J connectivity index is 1.66. The highest BCUT2D eigenvalue weighted by Crippen LogP contribution is 2.55. The molecule has 1 aromatic heterocycles. The minimum absolute atomic E-state index is 0.148. The zero-order valence-electron chi connectivity index (χ0n) is 19.1. The molecule has 3 rings (SSSR count). The van der Waals surface area contributed by atoms with E-state index in [4.69, 9.17) is 26.7 Å². The maximum atomic E-state index is 12.9. The van der Waals surface area contributed by atoms with Crippen LogP contribution in [-0.4, -0.2) is 39.7 Å². The number of rotatable bonds is 6. The van der Waals surface area contributed by atoms with E-state index in [9.17, 15) is 4.79 Å². The third kappa shape index (κ3) is 5.11. The Kier molecular flexibility index (Phi) is 7.27. The first-order valence-electron chi connectivity index (χ1n) is 10.7. The van der Waals surface area contributed by atoms with Crippen molar-refractivity contribution in [2.24, 2.45) is 10.8 Å². The topological polar surface area (TPSA) is 108 Å². The number of carbonyl (C=O) groups is 1. The number of amides is 1. The lowest BCUT2D eigenvalue weighted by atomic mass is 9.49. The summed E-state index contributed by atoms with van der Waals surface area (Å²) < 4.78 is 6.25. The van der Waals surface area contributed by atoms with Crippen LogP contribution in [0.2, 0.25) is 5.02 Å². The number of nitrogens with one attached hydrogen (secondary N) is 1. The molecule has 0 bridgehead atoms. The van der Waals surface area contributed by atoms with Crippen LogP contribution in [0, 0.1) is 34.0 Å². The van der Waals surface area contributed by atoms with E-state index < -0.39 is 0 Å². The molecule has 2 N–H and O–H groups in total. The number of hydrogen-bond donors (Lipinski definition) is 2. The van der Waals surface area contributed by atoms with Crippen LogP contribution in [0.1, 0.15) is 55.9 Å². The van der Waals surface area contributed by atoms with Crippen LogP contribution in [0.25, 0.3) is 0 Å². The zero-order valence-corrected chi connectivity index (χ0v) is 19.9. The third-order valence-electron chi connectivity index (χ3n) is 6.08. The molecule has 1 aliphatic carbocycles. The first kappa shape index (κ1) is 24.5. The van der Waals surface area contributed by atoms with E-state index >= 15 is 0 Å². The summed E-state index contributed by atoms with van der Waals surface area (Å²) in [6.07, 6.45) is 3.95. The van der Waals surface area contributed by atoms with Crippen molar-refractivity contribution < 1.29 is 14.6 Å². The van der Waals surface area contributed by atoms with E-state index in [1.165, 1.54) is 12.4 Å². The van der Waals surface area contributed by atoms with Gasteiger partial charge in [-0.2, -0.15) is 5.26 Å². The highest BCUT2D eigenvalue weighted by Gasteiger charge is 2.64.